The lowest BCUT2D eigenvalue weighted by molar-refractivity contribution is -0.120. The summed E-state index contributed by atoms with van der Waals surface area (Å²) in [6.07, 6.45) is 1.39. The van der Waals surface area contributed by atoms with Gasteiger partial charge >= 0.3 is 5.97 Å². The molecule has 0 heterocycles. The van der Waals surface area contributed by atoms with Crippen LogP contribution in [0.15, 0.2) is 90.0 Å². The second-order valence-corrected chi connectivity index (χ2v) is 7.94. The van der Waals surface area contributed by atoms with E-state index in [1.165, 1.54) is 18.3 Å². The zero-order valence-electron chi connectivity index (χ0n) is 19.3. The number of halogens is 1. The number of hydrazone groups is 1. The largest absolute Gasteiger partial charge is 0.422 e. The fraction of sp³-hybridized carbons (Fsp3) is 0.0714. The second kappa shape index (κ2) is 11.1. The number of benzene rings is 4. The van der Waals surface area contributed by atoms with Crippen LogP contribution >= 0.6 is 0 Å². The minimum Gasteiger partial charge on any atom is -0.422 e. The number of carbonyl (C=O) groups is 3. The lowest BCUT2D eigenvalue weighted by atomic mass is 10.0. The third-order valence-corrected chi connectivity index (χ3v) is 5.32. The van der Waals surface area contributed by atoms with E-state index in [-0.39, 0.29) is 17.9 Å². The molecule has 4 aromatic rings. The molecule has 0 fully saturated rings. The van der Waals surface area contributed by atoms with E-state index in [0.717, 1.165) is 28.5 Å². The normalized spacial score (nSPS) is 10.8. The Hall–Kier alpha value is -4.85. The van der Waals surface area contributed by atoms with Gasteiger partial charge in [0.1, 0.15) is 11.6 Å². The average molecular weight is 483 g/mol. The molecule has 0 saturated carbocycles. The summed E-state index contributed by atoms with van der Waals surface area (Å²) in [4.78, 5) is 36.9. The van der Waals surface area contributed by atoms with Gasteiger partial charge in [-0.15, -0.1) is 0 Å². The van der Waals surface area contributed by atoms with Crippen LogP contribution in [-0.2, 0) is 4.79 Å². The Bertz CT molecular complexity index is 1450. The van der Waals surface area contributed by atoms with Crippen LogP contribution in [0.25, 0.3) is 10.8 Å². The van der Waals surface area contributed by atoms with Crippen LogP contribution < -0.4 is 15.5 Å². The molecule has 0 unspecified atom stereocenters. The topological polar surface area (TPSA) is 96.9 Å². The number of fused-ring (bicyclic) bond motifs is 1. The van der Waals surface area contributed by atoms with E-state index < -0.39 is 23.6 Å². The molecule has 180 valence electrons. The van der Waals surface area contributed by atoms with Gasteiger partial charge in [0.15, 0.2) is 0 Å². The van der Waals surface area contributed by atoms with Crippen LogP contribution in [0.5, 0.6) is 5.75 Å². The van der Waals surface area contributed by atoms with Gasteiger partial charge in [-0.3, -0.25) is 9.59 Å². The number of aryl methyl sites for hydroxylation is 1. The van der Waals surface area contributed by atoms with Crippen molar-refractivity contribution in [2.75, 3.05) is 6.54 Å². The first-order valence-electron chi connectivity index (χ1n) is 11.1. The molecule has 0 aromatic heterocycles. The Balaban J connectivity index is 1.46. The standard InChI is InChI=1S/C28H22FN3O4/c1-18-6-8-21(9-7-18)28(35)36-25-15-12-19-4-2-3-5-23(19)24(25)16-31-32-26(33)17-30-27(34)20-10-13-22(29)14-11-20/h2-16H,17H2,1H3,(H,30,34)(H,32,33). The molecule has 0 radical (unpaired) electrons. The van der Waals surface area contributed by atoms with Crippen molar-refractivity contribution >= 4 is 34.8 Å². The van der Waals surface area contributed by atoms with Crippen molar-refractivity contribution in [1.82, 2.24) is 10.7 Å². The lowest BCUT2D eigenvalue weighted by Gasteiger charge is -2.11. The molecule has 0 aliphatic carbocycles. The fourth-order valence-electron chi connectivity index (χ4n) is 3.42. The molecule has 36 heavy (non-hydrogen) atoms. The molecule has 4 aromatic carbocycles. The first-order valence-corrected chi connectivity index (χ1v) is 11.1. The molecular weight excluding hydrogens is 461 g/mol. The minimum absolute atomic E-state index is 0.225. The third kappa shape index (κ3) is 5.98. The molecule has 2 amide bonds. The van der Waals surface area contributed by atoms with Crippen LogP contribution in [0.4, 0.5) is 4.39 Å². The molecule has 0 spiro atoms. The summed E-state index contributed by atoms with van der Waals surface area (Å²) in [7, 11) is 0. The van der Waals surface area contributed by atoms with Crippen molar-refractivity contribution in [2.45, 2.75) is 6.92 Å². The van der Waals surface area contributed by atoms with Gasteiger partial charge in [0.2, 0.25) is 0 Å². The molecule has 0 atom stereocenters. The van der Waals surface area contributed by atoms with Crippen LogP contribution in [0.2, 0.25) is 0 Å². The first-order chi connectivity index (χ1) is 17.4. The molecule has 4 rings (SSSR count). The molecule has 7 nitrogen and oxygen atoms in total. The van der Waals surface area contributed by atoms with Crippen molar-refractivity contribution in [3.8, 4) is 5.75 Å². The Labute approximate surface area is 206 Å². The highest BCUT2D eigenvalue weighted by atomic mass is 19.1. The van der Waals surface area contributed by atoms with Gasteiger partial charge in [0.05, 0.1) is 18.3 Å². The van der Waals surface area contributed by atoms with Gasteiger partial charge < -0.3 is 10.1 Å². The van der Waals surface area contributed by atoms with Gasteiger partial charge in [-0.2, -0.15) is 5.10 Å². The third-order valence-electron chi connectivity index (χ3n) is 5.32. The molecule has 8 heteroatoms. The number of hydrogen-bond acceptors (Lipinski definition) is 5. The van der Waals surface area contributed by atoms with E-state index in [9.17, 15) is 18.8 Å². The predicted octanol–water partition coefficient (Wildman–Crippen LogP) is 4.39. The zero-order valence-corrected chi connectivity index (χ0v) is 19.3. The van der Waals surface area contributed by atoms with Crippen LogP contribution in [0, 0.1) is 12.7 Å². The number of nitrogens with one attached hydrogen (secondary N) is 2. The number of hydrogen-bond donors (Lipinski definition) is 2. The van der Waals surface area contributed by atoms with Crippen molar-refractivity contribution in [1.29, 1.82) is 0 Å². The number of ether oxygens (including phenoxy) is 1. The molecule has 0 bridgehead atoms. The van der Waals surface area contributed by atoms with Crippen LogP contribution in [0.3, 0.4) is 0 Å². The summed E-state index contributed by atoms with van der Waals surface area (Å²) in [6.45, 7) is 1.59. The molecule has 0 aliphatic rings. The van der Waals surface area contributed by atoms with Crippen molar-refractivity contribution in [2.24, 2.45) is 5.10 Å². The predicted molar refractivity (Wildman–Crippen MR) is 135 cm³/mol. The van der Waals surface area contributed by atoms with E-state index in [0.29, 0.717) is 11.1 Å². The maximum absolute atomic E-state index is 13.0. The second-order valence-electron chi connectivity index (χ2n) is 7.94. The van der Waals surface area contributed by atoms with Gasteiger partial charge in [-0.1, -0.05) is 48.0 Å². The molecule has 0 aliphatic heterocycles. The van der Waals surface area contributed by atoms with E-state index in [2.05, 4.69) is 15.8 Å². The summed E-state index contributed by atoms with van der Waals surface area (Å²) in [5.74, 6) is -1.79. The first kappa shape index (κ1) is 24.3. The average Bonchev–Trinajstić information content (AvgIpc) is 2.89. The summed E-state index contributed by atoms with van der Waals surface area (Å²) < 4.78 is 18.6. The number of rotatable bonds is 7. The summed E-state index contributed by atoms with van der Waals surface area (Å²) in [5, 5.41) is 8.10. The van der Waals surface area contributed by atoms with E-state index in [1.54, 1.807) is 18.2 Å². The Kier molecular flexibility index (Phi) is 7.45. The maximum Gasteiger partial charge on any atom is 0.343 e. The minimum atomic E-state index is -0.569. The van der Waals surface area contributed by atoms with E-state index >= 15 is 0 Å². The fourth-order valence-corrected chi connectivity index (χ4v) is 3.42. The maximum atomic E-state index is 13.0. The summed E-state index contributed by atoms with van der Waals surface area (Å²) in [5.41, 5.74) is 4.50. The Morgan fingerprint density at radius 2 is 1.58 bits per heavy atom. The molecular formula is C28H22FN3O4. The molecule has 2 N–H and O–H groups in total. The highest BCUT2D eigenvalue weighted by Crippen LogP contribution is 2.27. The Morgan fingerprint density at radius 3 is 2.33 bits per heavy atom. The highest BCUT2D eigenvalue weighted by Gasteiger charge is 2.14. The monoisotopic (exact) mass is 483 g/mol. The van der Waals surface area contributed by atoms with E-state index in [1.807, 2.05) is 49.4 Å². The van der Waals surface area contributed by atoms with Crippen molar-refractivity contribution < 1.29 is 23.5 Å². The number of nitrogens with zero attached hydrogens (tertiary/aromatic N) is 1. The number of amides is 2. The zero-order chi connectivity index (χ0) is 25.5. The van der Waals surface area contributed by atoms with Gasteiger partial charge in [0, 0.05) is 11.1 Å². The summed E-state index contributed by atoms with van der Waals surface area (Å²) in [6, 6.07) is 23.0. The van der Waals surface area contributed by atoms with E-state index in [4.69, 9.17) is 4.74 Å². The smallest absolute Gasteiger partial charge is 0.343 e. The van der Waals surface area contributed by atoms with Crippen molar-refractivity contribution in [3.63, 3.8) is 0 Å². The Morgan fingerprint density at radius 1 is 0.889 bits per heavy atom. The van der Waals surface area contributed by atoms with Crippen LogP contribution in [-0.4, -0.2) is 30.5 Å². The molecule has 0 saturated heterocycles. The number of esters is 1. The SMILES string of the molecule is Cc1ccc(C(=O)Oc2ccc3ccccc3c2C=NNC(=O)CNC(=O)c2ccc(F)cc2)cc1. The van der Waals surface area contributed by atoms with Crippen molar-refractivity contribution in [3.05, 3.63) is 113 Å². The summed E-state index contributed by atoms with van der Waals surface area (Å²) >= 11 is 0. The lowest BCUT2D eigenvalue weighted by Crippen LogP contribution is -2.34. The highest BCUT2D eigenvalue weighted by molar-refractivity contribution is 6.04. The van der Waals surface area contributed by atoms with Gasteiger partial charge in [-0.05, 0) is 60.2 Å². The number of carbonyl (C=O) groups excluding carboxylic acids is 3. The van der Waals surface area contributed by atoms with Gasteiger partial charge in [0.25, 0.3) is 11.8 Å². The quantitative estimate of drug-likeness (QED) is 0.176. The van der Waals surface area contributed by atoms with Crippen LogP contribution in [0.1, 0.15) is 31.8 Å². The van der Waals surface area contributed by atoms with Gasteiger partial charge in [-0.25, -0.2) is 14.6 Å².